The summed E-state index contributed by atoms with van der Waals surface area (Å²) in [5, 5.41) is 3.68. The van der Waals surface area contributed by atoms with Crippen molar-refractivity contribution in [2.45, 2.75) is 13.1 Å². The fraction of sp³-hybridized carbons (Fsp3) is 0.0870. The van der Waals surface area contributed by atoms with Crippen LogP contribution in [0.3, 0.4) is 0 Å². The second-order valence-electron chi connectivity index (χ2n) is 6.64. The van der Waals surface area contributed by atoms with Crippen molar-refractivity contribution >= 4 is 11.4 Å². The molecule has 0 bridgehead atoms. The molecule has 2 nitrogen and oxygen atoms in total. The number of anilines is 1. The minimum Gasteiger partial charge on any atom is -0.386 e. The van der Waals surface area contributed by atoms with Gasteiger partial charge in [-0.1, -0.05) is 91.0 Å². The molecule has 0 fully saturated rings. The molecule has 0 aromatic heterocycles. The van der Waals surface area contributed by atoms with Gasteiger partial charge in [-0.05, 0) is 11.1 Å². The van der Waals surface area contributed by atoms with E-state index in [0.717, 1.165) is 0 Å². The molecule has 2 aliphatic rings. The largest absolute Gasteiger partial charge is 0.386 e. The zero-order valence-electron chi connectivity index (χ0n) is 14.7. The average Bonchev–Trinajstić information content (AvgIpc) is 3.23. The van der Waals surface area contributed by atoms with Gasteiger partial charge in [0.15, 0.2) is 0 Å². The van der Waals surface area contributed by atoms with Crippen molar-refractivity contribution < 1.29 is 32.7 Å². The molecule has 26 heavy (non-hydrogen) atoms. The molecule has 1 unspecified atom stereocenters. The van der Waals surface area contributed by atoms with E-state index in [-0.39, 0.29) is 38.9 Å². The van der Waals surface area contributed by atoms with Crippen molar-refractivity contribution in [3.8, 4) is 11.1 Å². The third-order valence-electron chi connectivity index (χ3n) is 5.14. The maximum Gasteiger partial charge on any atom is 0.0689 e. The predicted octanol–water partition coefficient (Wildman–Crippen LogP) is 5.04. The molecule has 125 valence electrons. The fourth-order valence-electron chi connectivity index (χ4n) is 3.80. The molecule has 2 heterocycles. The number of rotatable bonds is 2. The Hall–Kier alpha value is -2.03. The van der Waals surface area contributed by atoms with Crippen LogP contribution >= 0.6 is 0 Å². The summed E-state index contributed by atoms with van der Waals surface area (Å²) in [6.45, 7) is 2.23. The Morgan fingerprint density at radius 2 is 1.46 bits per heavy atom. The minimum absolute atomic E-state index is 0. The van der Waals surface area contributed by atoms with Crippen LogP contribution in [0.2, 0.25) is 0 Å². The maximum absolute atomic E-state index is 3.68. The summed E-state index contributed by atoms with van der Waals surface area (Å²) in [6, 6.07) is 27.9. The molecular formula is C23H19N2Y-. The second-order valence-corrected chi connectivity index (χ2v) is 6.64. The molecule has 0 saturated carbocycles. The Morgan fingerprint density at radius 3 is 2.15 bits per heavy atom. The van der Waals surface area contributed by atoms with Gasteiger partial charge in [0.05, 0.1) is 11.9 Å². The summed E-state index contributed by atoms with van der Waals surface area (Å²) in [6.07, 6.45) is 2.45. The van der Waals surface area contributed by atoms with E-state index in [9.17, 15) is 0 Å². The van der Waals surface area contributed by atoms with Gasteiger partial charge >= 0.3 is 0 Å². The van der Waals surface area contributed by atoms with E-state index in [0.29, 0.717) is 0 Å². The molecule has 3 aromatic carbocycles. The molecule has 0 saturated heterocycles. The SMILES string of the molecule is C[C-]1c2cc(-c3ccccc3)ccc2N2C=C(c3ccccc3)NC12.[Y]. The van der Waals surface area contributed by atoms with Gasteiger partial charge in [-0.3, -0.25) is 0 Å². The van der Waals surface area contributed by atoms with Crippen LogP contribution in [0.1, 0.15) is 18.1 Å². The first kappa shape index (κ1) is 17.4. The van der Waals surface area contributed by atoms with E-state index in [1.54, 1.807) is 0 Å². The van der Waals surface area contributed by atoms with Gasteiger partial charge < -0.3 is 10.2 Å². The van der Waals surface area contributed by atoms with Gasteiger partial charge in [-0.15, -0.1) is 5.92 Å². The van der Waals surface area contributed by atoms with Gasteiger partial charge in [-0.2, -0.15) is 11.6 Å². The number of nitrogens with zero attached hydrogens (tertiary/aromatic N) is 1. The van der Waals surface area contributed by atoms with E-state index >= 15 is 0 Å². The molecule has 1 N–H and O–H groups in total. The van der Waals surface area contributed by atoms with Crippen LogP contribution in [0.4, 0.5) is 5.69 Å². The number of fused-ring (bicyclic) bond motifs is 3. The standard InChI is InChI=1S/C23H19N2.Y/c1-16-20-14-19(17-8-4-2-5-9-17)12-13-22(20)25-15-21(24-23(16)25)18-10-6-3-7-11-18;/h2-15,23-24H,1H3;/q-1;. The van der Waals surface area contributed by atoms with Crippen LogP contribution in [0, 0.1) is 5.92 Å². The number of nitrogens with one attached hydrogen (secondary N) is 1. The molecule has 1 atom stereocenters. The molecule has 3 heteroatoms. The molecule has 0 amide bonds. The number of hydrogen-bond donors (Lipinski definition) is 1. The summed E-state index contributed by atoms with van der Waals surface area (Å²) < 4.78 is 0. The summed E-state index contributed by atoms with van der Waals surface area (Å²) >= 11 is 0. The average molecular weight is 412 g/mol. The van der Waals surface area contributed by atoms with Crippen LogP contribution in [-0.4, -0.2) is 6.17 Å². The third-order valence-corrected chi connectivity index (χ3v) is 5.14. The number of benzene rings is 3. The van der Waals surface area contributed by atoms with Crippen molar-refractivity contribution in [1.82, 2.24) is 5.32 Å². The summed E-state index contributed by atoms with van der Waals surface area (Å²) in [7, 11) is 0. The first-order chi connectivity index (χ1) is 12.3. The van der Waals surface area contributed by atoms with Gasteiger partial charge in [0.25, 0.3) is 0 Å². The van der Waals surface area contributed by atoms with Crippen LogP contribution in [-0.2, 0) is 32.7 Å². The molecule has 2 aliphatic heterocycles. The van der Waals surface area contributed by atoms with E-state index in [1.165, 1.54) is 39.6 Å². The zero-order valence-corrected chi connectivity index (χ0v) is 17.5. The van der Waals surface area contributed by atoms with Crippen molar-refractivity contribution in [2.75, 3.05) is 4.90 Å². The first-order valence-corrected chi connectivity index (χ1v) is 8.67. The van der Waals surface area contributed by atoms with Crippen LogP contribution in [0.25, 0.3) is 16.8 Å². The van der Waals surface area contributed by atoms with Crippen LogP contribution in [0.5, 0.6) is 0 Å². The Bertz CT molecular complexity index is 950. The molecule has 1 radical (unpaired) electrons. The molecular weight excluding hydrogens is 393 g/mol. The van der Waals surface area contributed by atoms with E-state index in [2.05, 4.69) is 102 Å². The quantitative estimate of drug-likeness (QED) is 0.594. The Kier molecular flexibility index (Phi) is 4.64. The topological polar surface area (TPSA) is 15.3 Å². The number of hydrogen-bond acceptors (Lipinski definition) is 2. The zero-order chi connectivity index (χ0) is 16.8. The van der Waals surface area contributed by atoms with Crippen molar-refractivity contribution in [1.29, 1.82) is 0 Å². The molecule has 0 spiro atoms. The minimum atomic E-state index is 0. The van der Waals surface area contributed by atoms with Gasteiger partial charge in [-0.25, -0.2) is 0 Å². The van der Waals surface area contributed by atoms with Crippen molar-refractivity contribution in [3.05, 3.63) is 102 Å². The molecule has 3 aromatic rings. The van der Waals surface area contributed by atoms with Crippen LogP contribution in [0.15, 0.2) is 85.1 Å². The van der Waals surface area contributed by atoms with Gasteiger partial charge in [0.1, 0.15) is 0 Å². The van der Waals surface area contributed by atoms with E-state index in [1.807, 2.05) is 0 Å². The Balaban J connectivity index is 0.00000168. The van der Waals surface area contributed by atoms with E-state index in [4.69, 9.17) is 0 Å². The smallest absolute Gasteiger partial charge is 0.0689 e. The molecule has 5 rings (SSSR count). The van der Waals surface area contributed by atoms with Crippen molar-refractivity contribution in [3.63, 3.8) is 0 Å². The van der Waals surface area contributed by atoms with Crippen LogP contribution < -0.4 is 10.2 Å². The van der Waals surface area contributed by atoms with Crippen molar-refractivity contribution in [2.24, 2.45) is 0 Å². The summed E-state index contributed by atoms with van der Waals surface area (Å²) in [5.41, 5.74) is 7.56. The first-order valence-electron chi connectivity index (χ1n) is 8.67. The normalized spacial score (nSPS) is 17.1. The van der Waals surface area contributed by atoms with E-state index < -0.39 is 0 Å². The molecule has 0 aliphatic carbocycles. The Labute approximate surface area is 179 Å². The maximum atomic E-state index is 3.68. The summed E-state index contributed by atoms with van der Waals surface area (Å²) in [5.74, 6) is 1.37. The monoisotopic (exact) mass is 412 g/mol. The van der Waals surface area contributed by atoms with Gasteiger partial charge in [0.2, 0.25) is 0 Å². The second kappa shape index (κ2) is 6.94. The Morgan fingerprint density at radius 1 is 0.808 bits per heavy atom. The summed E-state index contributed by atoms with van der Waals surface area (Å²) in [4.78, 5) is 2.35. The predicted molar refractivity (Wildman–Crippen MR) is 104 cm³/mol. The van der Waals surface area contributed by atoms with Gasteiger partial charge in [0, 0.05) is 38.9 Å². The fourth-order valence-corrected chi connectivity index (χ4v) is 3.80. The third kappa shape index (κ3) is 2.78.